The predicted molar refractivity (Wildman–Crippen MR) is 69.3 cm³/mol. The molecule has 0 saturated carbocycles. The van der Waals surface area contributed by atoms with Gasteiger partial charge in [-0.3, -0.25) is 9.59 Å². The summed E-state index contributed by atoms with van der Waals surface area (Å²) in [5.74, 6) is -1.39. The van der Waals surface area contributed by atoms with Gasteiger partial charge in [0.1, 0.15) is 5.82 Å². The summed E-state index contributed by atoms with van der Waals surface area (Å²) < 4.78 is 17.6. The van der Waals surface area contributed by atoms with Crippen molar-refractivity contribution in [2.45, 2.75) is 13.8 Å². The fraction of sp³-hybridized carbons (Fsp3) is 0.429. The van der Waals surface area contributed by atoms with Crippen LogP contribution in [-0.2, 0) is 9.53 Å². The minimum atomic E-state index is -0.403. The van der Waals surface area contributed by atoms with E-state index in [0.29, 0.717) is 11.1 Å². The van der Waals surface area contributed by atoms with Gasteiger partial charge in [-0.2, -0.15) is 0 Å². The van der Waals surface area contributed by atoms with Crippen LogP contribution in [-0.4, -0.2) is 37.5 Å². The molecule has 1 amide bonds. The van der Waals surface area contributed by atoms with Gasteiger partial charge < -0.3 is 9.64 Å². The summed E-state index contributed by atoms with van der Waals surface area (Å²) >= 11 is 0. The molecule has 1 atom stereocenters. The van der Waals surface area contributed by atoms with Crippen LogP contribution in [0, 0.1) is 18.7 Å². The first-order valence-corrected chi connectivity index (χ1v) is 5.96. The average Bonchev–Trinajstić information content (AvgIpc) is 2.36. The molecule has 4 nitrogen and oxygen atoms in total. The molecular weight excluding hydrogens is 249 g/mol. The molecule has 0 aliphatic carbocycles. The molecule has 0 heterocycles. The minimum absolute atomic E-state index is 0.242. The van der Waals surface area contributed by atoms with Crippen LogP contribution < -0.4 is 0 Å². The lowest BCUT2D eigenvalue weighted by atomic mass is 10.1. The molecule has 0 aliphatic heterocycles. The fourth-order valence-corrected chi connectivity index (χ4v) is 1.84. The third kappa shape index (κ3) is 3.77. The standard InChI is InChI=1S/C14H18FNO3/c1-9-7-11(15)5-6-12(9)13(17)16(3)8-10(2)14(18)19-4/h5-7,10H,8H2,1-4H3. The summed E-state index contributed by atoms with van der Waals surface area (Å²) in [6, 6.07) is 4.01. The van der Waals surface area contributed by atoms with Gasteiger partial charge in [-0.1, -0.05) is 6.92 Å². The van der Waals surface area contributed by atoms with Crippen LogP contribution >= 0.6 is 0 Å². The molecule has 0 bridgehead atoms. The summed E-state index contributed by atoms with van der Waals surface area (Å²) in [6.07, 6.45) is 0. The lowest BCUT2D eigenvalue weighted by molar-refractivity contribution is -0.145. The number of hydrogen-bond donors (Lipinski definition) is 0. The number of ether oxygens (including phenoxy) is 1. The largest absolute Gasteiger partial charge is 0.469 e. The van der Waals surface area contributed by atoms with Gasteiger partial charge in [0.05, 0.1) is 13.0 Å². The van der Waals surface area contributed by atoms with Crippen LogP contribution in [0.4, 0.5) is 4.39 Å². The van der Waals surface area contributed by atoms with Crippen molar-refractivity contribution in [1.29, 1.82) is 0 Å². The second kappa shape index (κ2) is 6.31. The first-order chi connectivity index (χ1) is 8.86. The number of amides is 1. The Morgan fingerprint density at radius 2 is 2.05 bits per heavy atom. The Morgan fingerprint density at radius 1 is 1.42 bits per heavy atom. The number of benzene rings is 1. The second-order valence-electron chi connectivity index (χ2n) is 4.57. The molecular formula is C14H18FNO3. The molecule has 0 aromatic heterocycles. The van der Waals surface area contributed by atoms with Gasteiger partial charge in [0.25, 0.3) is 5.91 Å². The van der Waals surface area contributed by atoms with Crippen LogP contribution in [0.3, 0.4) is 0 Å². The monoisotopic (exact) mass is 267 g/mol. The molecule has 1 rings (SSSR count). The molecule has 1 unspecified atom stereocenters. The zero-order valence-electron chi connectivity index (χ0n) is 11.6. The van der Waals surface area contributed by atoms with Gasteiger partial charge in [-0.05, 0) is 30.7 Å². The third-order valence-corrected chi connectivity index (χ3v) is 2.92. The smallest absolute Gasteiger partial charge is 0.310 e. The number of methoxy groups -OCH3 is 1. The van der Waals surface area contributed by atoms with E-state index >= 15 is 0 Å². The van der Waals surface area contributed by atoms with Crippen LogP contribution in [0.15, 0.2) is 18.2 Å². The van der Waals surface area contributed by atoms with Gasteiger partial charge in [0.2, 0.25) is 0 Å². The maximum atomic E-state index is 13.0. The summed E-state index contributed by atoms with van der Waals surface area (Å²) in [5, 5.41) is 0. The molecule has 0 radical (unpaired) electrons. The Kier molecular flexibility index (Phi) is 5.03. The van der Waals surface area contributed by atoms with Crippen LogP contribution in [0.1, 0.15) is 22.8 Å². The number of rotatable bonds is 4. The van der Waals surface area contributed by atoms with Crippen molar-refractivity contribution in [3.8, 4) is 0 Å². The van der Waals surface area contributed by atoms with E-state index in [1.54, 1.807) is 20.9 Å². The summed E-state index contributed by atoms with van der Waals surface area (Å²) in [6.45, 7) is 3.61. The molecule has 19 heavy (non-hydrogen) atoms. The van der Waals surface area contributed by atoms with E-state index in [0.717, 1.165) is 0 Å². The number of esters is 1. The van der Waals surface area contributed by atoms with Crippen molar-refractivity contribution in [1.82, 2.24) is 4.90 Å². The fourth-order valence-electron chi connectivity index (χ4n) is 1.84. The van der Waals surface area contributed by atoms with Gasteiger partial charge in [-0.15, -0.1) is 0 Å². The van der Waals surface area contributed by atoms with E-state index in [1.165, 1.54) is 30.2 Å². The Balaban J connectivity index is 2.79. The molecule has 1 aromatic carbocycles. The highest BCUT2D eigenvalue weighted by Gasteiger charge is 2.20. The molecule has 0 spiro atoms. The number of halogens is 1. The predicted octanol–water partition coefficient (Wildman–Crippen LogP) is 2.02. The van der Waals surface area contributed by atoms with Crippen molar-refractivity contribution in [2.24, 2.45) is 5.92 Å². The first kappa shape index (κ1) is 15.1. The number of nitrogens with zero attached hydrogens (tertiary/aromatic N) is 1. The van der Waals surface area contributed by atoms with Crippen molar-refractivity contribution in [3.05, 3.63) is 35.1 Å². The normalized spacial score (nSPS) is 11.8. The topological polar surface area (TPSA) is 46.6 Å². The van der Waals surface area contributed by atoms with Crippen LogP contribution in [0.5, 0.6) is 0 Å². The van der Waals surface area contributed by atoms with Gasteiger partial charge in [0.15, 0.2) is 0 Å². The Bertz CT molecular complexity index is 488. The average molecular weight is 267 g/mol. The highest BCUT2D eigenvalue weighted by molar-refractivity contribution is 5.95. The second-order valence-corrected chi connectivity index (χ2v) is 4.57. The van der Waals surface area contributed by atoms with E-state index in [-0.39, 0.29) is 24.2 Å². The lowest BCUT2D eigenvalue weighted by Crippen LogP contribution is -2.34. The SMILES string of the molecule is COC(=O)C(C)CN(C)C(=O)c1ccc(F)cc1C. The molecule has 0 N–H and O–H groups in total. The first-order valence-electron chi connectivity index (χ1n) is 5.96. The van der Waals surface area contributed by atoms with Crippen molar-refractivity contribution < 1.29 is 18.7 Å². The third-order valence-electron chi connectivity index (χ3n) is 2.92. The van der Waals surface area contributed by atoms with E-state index in [9.17, 15) is 14.0 Å². The summed E-state index contributed by atoms with van der Waals surface area (Å²) in [4.78, 5) is 24.9. The molecule has 0 fully saturated rings. The maximum Gasteiger partial charge on any atom is 0.310 e. The molecule has 0 saturated heterocycles. The van der Waals surface area contributed by atoms with E-state index < -0.39 is 5.92 Å². The Labute approximate surface area is 112 Å². The summed E-state index contributed by atoms with van der Waals surface area (Å²) in [7, 11) is 2.91. The van der Waals surface area contributed by atoms with Crippen molar-refractivity contribution >= 4 is 11.9 Å². The zero-order chi connectivity index (χ0) is 14.6. The number of aryl methyl sites for hydroxylation is 1. The molecule has 1 aromatic rings. The number of hydrogen-bond acceptors (Lipinski definition) is 3. The van der Waals surface area contributed by atoms with Crippen molar-refractivity contribution in [3.63, 3.8) is 0 Å². The quantitative estimate of drug-likeness (QED) is 0.784. The highest BCUT2D eigenvalue weighted by atomic mass is 19.1. The van der Waals surface area contributed by atoms with E-state index in [2.05, 4.69) is 4.74 Å². The molecule has 5 heteroatoms. The van der Waals surface area contributed by atoms with Gasteiger partial charge >= 0.3 is 5.97 Å². The molecule has 0 aliphatic rings. The minimum Gasteiger partial charge on any atom is -0.469 e. The van der Waals surface area contributed by atoms with E-state index in [1.807, 2.05) is 0 Å². The zero-order valence-corrected chi connectivity index (χ0v) is 11.6. The van der Waals surface area contributed by atoms with Crippen molar-refractivity contribution in [2.75, 3.05) is 20.7 Å². The van der Waals surface area contributed by atoms with E-state index in [4.69, 9.17) is 0 Å². The van der Waals surface area contributed by atoms with Gasteiger partial charge in [-0.25, -0.2) is 4.39 Å². The van der Waals surface area contributed by atoms with Crippen LogP contribution in [0.25, 0.3) is 0 Å². The molecule has 104 valence electrons. The Hall–Kier alpha value is -1.91. The number of carbonyl (C=O) groups excluding carboxylic acids is 2. The highest BCUT2D eigenvalue weighted by Crippen LogP contribution is 2.13. The van der Waals surface area contributed by atoms with Gasteiger partial charge in [0, 0.05) is 19.2 Å². The lowest BCUT2D eigenvalue weighted by Gasteiger charge is -2.21. The van der Waals surface area contributed by atoms with Crippen LogP contribution in [0.2, 0.25) is 0 Å². The maximum absolute atomic E-state index is 13.0. The summed E-state index contributed by atoms with van der Waals surface area (Å²) in [5.41, 5.74) is 1.00. The Morgan fingerprint density at radius 3 is 2.58 bits per heavy atom. The number of carbonyl (C=O) groups is 2.